The lowest BCUT2D eigenvalue weighted by molar-refractivity contribution is -0.0337. The van der Waals surface area contributed by atoms with E-state index in [-0.39, 0.29) is 6.10 Å². The second-order valence-electron chi connectivity index (χ2n) is 6.66. The first kappa shape index (κ1) is 15.6. The number of pyridine rings is 1. The number of aromatic nitrogens is 1. The number of ether oxygens (including phenoxy) is 1. The zero-order chi connectivity index (χ0) is 15.5. The summed E-state index contributed by atoms with van der Waals surface area (Å²) in [5.74, 6) is 1.01. The first-order valence-corrected chi connectivity index (χ1v) is 8.42. The Labute approximate surface area is 132 Å². The van der Waals surface area contributed by atoms with Gasteiger partial charge in [0.15, 0.2) is 5.82 Å². The fourth-order valence-corrected chi connectivity index (χ4v) is 3.58. The maximum Gasteiger partial charge on any atom is 0.151 e. The van der Waals surface area contributed by atoms with E-state index in [0.717, 1.165) is 50.3 Å². The van der Waals surface area contributed by atoms with Crippen molar-refractivity contribution in [3.8, 4) is 0 Å². The van der Waals surface area contributed by atoms with E-state index in [9.17, 15) is 5.11 Å². The van der Waals surface area contributed by atoms with Crippen molar-refractivity contribution in [3.05, 3.63) is 18.3 Å². The average Bonchev–Trinajstić information content (AvgIpc) is 2.48. The second-order valence-corrected chi connectivity index (χ2v) is 6.66. The lowest BCUT2D eigenvalue weighted by Gasteiger charge is -2.35. The van der Waals surface area contributed by atoms with Gasteiger partial charge in [-0.05, 0) is 51.7 Å². The molecule has 0 bridgehead atoms. The van der Waals surface area contributed by atoms with E-state index >= 15 is 0 Å². The highest BCUT2D eigenvalue weighted by Gasteiger charge is 2.26. The highest BCUT2D eigenvalue weighted by atomic mass is 16.5. The summed E-state index contributed by atoms with van der Waals surface area (Å²) in [4.78, 5) is 6.86. The van der Waals surface area contributed by atoms with Crippen LogP contribution in [0.15, 0.2) is 18.3 Å². The van der Waals surface area contributed by atoms with Crippen LogP contribution in [0.3, 0.4) is 0 Å². The Balaban J connectivity index is 1.71. The molecule has 0 saturated carbocycles. The van der Waals surface area contributed by atoms with E-state index in [1.165, 1.54) is 0 Å². The number of anilines is 2. The normalized spacial score (nSPS) is 30.3. The highest BCUT2D eigenvalue weighted by Crippen LogP contribution is 2.29. The third-order valence-electron chi connectivity index (χ3n) is 4.61. The molecule has 0 amide bonds. The maximum atomic E-state index is 9.69. The van der Waals surface area contributed by atoms with Crippen LogP contribution >= 0.6 is 0 Å². The van der Waals surface area contributed by atoms with Gasteiger partial charge in [-0.25, -0.2) is 4.98 Å². The molecule has 2 atom stereocenters. The second kappa shape index (κ2) is 6.84. The van der Waals surface area contributed by atoms with Crippen LogP contribution in [0, 0.1) is 0 Å². The summed E-state index contributed by atoms with van der Waals surface area (Å²) in [5.41, 5.74) is 1.10. The number of nitrogens with zero attached hydrogens (tertiary/aromatic N) is 2. The minimum atomic E-state index is -0.159. The van der Waals surface area contributed by atoms with Crippen molar-refractivity contribution in [2.24, 2.45) is 0 Å². The number of hydrogen-bond donors (Lipinski definition) is 2. The molecular formula is C17H27N3O2. The first-order chi connectivity index (χ1) is 10.6. The molecule has 2 unspecified atom stereocenters. The van der Waals surface area contributed by atoms with Crippen molar-refractivity contribution in [1.29, 1.82) is 0 Å². The predicted octanol–water partition coefficient (Wildman–Crippen LogP) is 2.41. The summed E-state index contributed by atoms with van der Waals surface area (Å²) in [6, 6.07) is 4.52. The van der Waals surface area contributed by atoms with E-state index in [1.807, 2.05) is 12.3 Å². The fourth-order valence-electron chi connectivity index (χ4n) is 3.58. The minimum Gasteiger partial charge on any atom is -0.393 e. The molecule has 2 fully saturated rings. The molecule has 3 rings (SSSR count). The van der Waals surface area contributed by atoms with Crippen LogP contribution in [0.1, 0.15) is 39.5 Å². The lowest BCUT2D eigenvalue weighted by Crippen LogP contribution is -2.39. The largest absolute Gasteiger partial charge is 0.393 e. The molecule has 0 radical (unpaired) electrons. The van der Waals surface area contributed by atoms with Crippen molar-refractivity contribution in [3.63, 3.8) is 0 Å². The number of nitrogens with one attached hydrogen (secondary N) is 1. The van der Waals surface area contributed by atoms with Crippen molar-refractivity contribution < 1.29 is 9.84 Å². The minimum absolute atomic E-state index is 0.159. The monoisotopic (exact) mass is 305 g/mol. The summed E-state index contributed by atoms with van der Waals surface area (Å²) in [7, 11) is 0. The topological polar surface area (TPSA) is 57.6 Å². The SMILES string of the molecule is CC1CC(Nc2cccnc2N2CCC(O)CC2)CC(C)O1. The number of aliphatic hydroxyl groups excluding tert-OH is 1. The van der Waals surface area contributed by atoms with Gasteiger partial charge in [-0.3, -0.25) is 0 Å². The number of aliphatic hydroxyl groups is 1. The Morgan fingerprint density at radius 3 is 2.59 bits per heavy atom. The molecule has 0 aromatic carbocycles. The molecular weight excluding hydrogens is 278 g/mol. The van der Waals surface area contributed by atoms with Crippen LogP contribution in [-0.2, 0) is 4.74 Å². The molecule has 0 spiro atoms. The Bertz CT molecular complexity index is 479. The van der Waals surface area contributed by atoms with Crippen molar-refractivity contribution in [2.45, 2.75) is 63.9 Å². The molecule has 2 aliphatic heterocycles. The van der Waals surface area contributed by atoms with Crippen LogP contribution < -0.4 is 10.2 Å². The lowest BCUT2D eigenvalue weighted by atomic mass is 9.99. The van der Waals surface area contributed by atoms with E-state index in [4.69, 9.17) is 4.74 Å². The third kappa shape index (κ3) is 3.70. The molecule has 2 N–H and O–H groups in total. The Morgan fingerprint density at radius 1 is 1.23 bits per heavy atom. The van der Waals surface area contributed by atoms with E-state index in [0.29, 0.717) is 18.2 Å². The fraction of sp³-hybridized carbons (Fsp3) is 0.706. The Morgan fingerprint density at radius 2 is 1.91 bits per heavy atom. The quantitative estimate of drug-likeness (QED) is 0.898. The number of hydrogen-bond acceptors (Lipinski definition) is 5. The summed E-state index contributed by atoms with van der Waals surface area (Å²) >= 11 is 0. The summed E-state index contributed by atoms with van der Waals surface area (Å²) in [6.07, 6.45) is 5.98. The van der Waals surface area contributed by atoms with Gasteiger partial charge in [-0.1, -0.05) is 0 Å². The molecule has 3 heterocycles. The van der Waals surface area contributed by atoms with Crippen molar-refractivity contribution in [1.82, 2.24) is 4.98 Å². The zero-order valence-electron chi connectivity index (χ0n) is 13.5. The van der Waals surface area contributed by atoms with Gasteiger partial charge in [-0.2, -0.15) is 0 Å². The molecule has 1 aromatic rings. The van der Waals surface area contributed by atoms with Gasteiger partial charge in [0.25, 0.3) is 0 Å². The van der Waals surface area contributed by atoms with Gasteiger partial charge >= 0.3 is 0 Å². The van der Waals surface area contributed by atoms with Gasteiger partial charge in [-0.15, -0.1) is 0 Å². The van der Waals surface area contributed by atoms with Gasteiger partial charge in [0.1, 0.15) is 0 Å². The van der Waals surface area contributed by atoms with Gasteiger partial charge in [0.05, 0.1) is 24.0 Å². The third-order valence-corrected chi connectivity index (χ3v) is 4.61. The molecule has 2 aliphatic rings. The molecule has 22 heavy (non-hydrogen) atoms. The zero-order valence-corrected chi connectivity index (χ0v) is 13.5. The maximum absolute atomic E-state index is 9.69. The van der Waals surface area contributed by atoms with Gasteiger partial charge in [0.2, 0.25) is 0 Å². The average molecular weight is 305 g/mol. The van der Waals surface area contributed by atoms with Gasteiger partial charge in [0, 0.05) is 25.3 Å². The number of piperidine rings is 1. The molecule has 2 saturated heterocycles. The van der Waals surface area contributed by atoms with Crippen molar-refractivity contribution >= 4 is 11.5 Å². The highest BCUT2D eigenvalue weighted by molar-refractivity contribution is 5.66. The summed E-state index contributed by atoms with van der Waals surface area (Å²) < 4.78 is 5.82. The van der Waals surface area contributed by atoms with Crippen LogP contribution in [0.4, 0.5) is 11.5 Å². The van der Waals surface area contributed by atoms with E-state index in [2.05, 4.69) is 35.1 Å². The van der Waals surface area contributed by atoms with Crippen molar-refractivity contribution in [2.75, 3.05) is 23.3 Å². The van der Waals surface area contributed by atoms with Gasteiger partial charge < -0.3 is 20.1 Å². The standard InChI is InChI=1S/C17H27N3O2/c1-12-10-14(11-13(2)22-12)19-16-4-3-7-18-17(16)20-8-5-15(21)6-9-20/h3-4,7,12-15,19,21H,5-6,8-11H2,1-2H3. The predicted molar refractivity (Wildman–Crippen MR) is 88.3 cm³/mol. The van der Waals surface area contributed by atoms with Crippen LogP contribution in [0.2, 0.25) is 0 Å². The smallest absolute Gasteiger partial charge is 0.151 e. The van der Waals surface area contributed by atoms with E-state index in [1.54, 1.807) is 0 Å². The first-order valence-electron chi connectivity index (χ1n) is 8.42. The van der Waals surface area contributed by atoms with Crippen LogP contribution in [0.5, 0.6) is 0 Å². The Kier molecular flexibility index (Phi) is 4.84. The van der Waals surface area contributed by atoms with Crippen LogP contribution in [0.25, 0.3) is 0 Å². The number of rotatable bonds is 3. The Hall–Kier alpha value is -1.33. The van der Waals surface area contributed by atoms with Crippen LogP contribution in [-0.4, -0.2) is 47.5 Å². The molecule has 122 valence electrons. The summed E-state index contributed by atoms with van der Waals surface area (Å²) in [6.45, 7) is 6.02. The molecule has 5 nitrogen and oxygen atoms in total. The van der Waals surface area contributed by atoms with E-state index < -0.39 is 0 Å². The molecule has 5 heteroatoms. The molecule has 1 aromatic heterocycles. The summed E-state index contributed by atoms with van der Waals surface area (Å²) in [5, 5.41) is 13.4. The molecule has 0 aliphatic carbocycles.